The van der Waals surface area contributed by atoms with Gasteiger partial charge in [0.1, 0.15) is 23.1 Å². The maximum absolute atomic E-state index is 13.9. The number of ether oxygens (including phenoxy) is 5. The Kier molecular flexibility index (Phi) is 9.35. The number of halogens is 1. The fraction of sp³-hybridized carbons (Fsp3) is 0.312. The summed E-state index contributed by atoms with van der Waals surface area (Å²) in [5.74, 6) is 0.207. The van der Waals surface area contributed by atoms with Gasteiger partial charge in [-0.1, -0.05) is 38.1 Å². The van der Waals surface area contributed by atoms with Crippen LogP contribution in [0.2, 0.25) is 0 Å². The van der Waals surface area contributed by atoms with Crippen LogP contribution in [0.3, 0.4) is 0 Å². The van der Waals surface area contributed by atoms with Crippen LogP contribution in [0.1, 0.15) is 51.2 Å². The van der Waals surface area contributed by atoms with Crippen molar-refractivity contribution in [3.05, 3.63) is 89.1 Å². The molecule has 0 aliphatic carbocycles. The molecule has 2 atom stereocenters. The molecule has 0 saturated heterocycles. The molecule has 4 rings (SSSR count). The second-order valence-corrected chi connectivity index (χ2v) is 9.91. The standard InChI is InChI=1S/C32H33FN2O6/c1-5-37-29-16-21(10-13-27(29)38-15-14-19(2)3)30-23-12-11-22(17-28(23)41-31(35)24(30)18-34)40-32(36)20(4)39-26-9-7-6-8-25(26)33/h6-13,16-17,19-20,30H,5,14-15,35H2,1-4H3. The van der Waals surface area contributed by atoms with E-state index in [4.69, 9.17) is 29.4 Å². The average molecular weight is 561 g/mol. The van der Waals surface area contributed by atoms with E-state index in [9.17, 15) is 14.4 Å². The van der Waals surface area contributed by atoms with E-state index in [-0.39, 0.29) is 23.0 Å². The number of fused-ring (bicyclic) bond motifs is 1. The van der Waals surface area contributed by atoms with Crippen LogP contribution >= 0.6 is 0 Å². The third-order valence-electron chi connectivity index (χ3n) is 6.44. The first-order valence-electron chi connectivity index (χ1n) is 13.5. The lowest BCUT2D eigenvalue weighted by Gasteiger charge is -2.27. The molecule has 214 valence electrons. The first-order valence-corrected chi connectivity index (χ1v) is 13.5. The molecule has 0 radical (unpaired) electrons. The summed E-state index contributed by atoms with van der Waals surface area (Å²) in [6, 6.07) is 18.3. The summed E-state index contributed by atoms with van der Waals surface area (Å²) in [6.07, 6.45) is -0.176. The van der Waals surface area contributed by atoms with Crippen molar-refractivity contribution in [3.63, 3.8) is 0 Å². The predicted molar refractivity (Wildman–Crippen MR) is 150 cm³/mol. The number of nitriles is 1. The van der Waals surface area contributed by atoms with Crippen molar-refractivity contribution >= 4 is 5.97 Å². The van der Waals surface area contributed by atoms with E-state index < -0.39 is 23.8 Å². The zero-order valence-electron chi connectivity index (χ0n) is 23.5. The Labute approximate surface area is 239 Å². The quantitative estimate of drug-likeness (QED) is 0.217. The number of nitrogens with zero attached hydrogens (tertiary/aromatic N) is 1. The zero-order chi connectivity index (χ0) is 29.5. The van der Waals surface area contributed by atoms with Crippen LogP contribution in [0.5, 0.6) is 28.7 Å². The molecule has 1 heterocycles. The lowest BCUT2D eigenvalue weighted by molar-refractivity contribution is -0.141. The second kappa shape index (κ2) is 13.1. The monoisotopic (exact) mass is 560 g/mol. The summed E-state index contributed by atoms with van der Waals surface area (Å²) in [7, 11) is 0. The highest BCUT2D eigenvalue weighted by molar-refractivity contribution is 5.77. The third kappa shape index (κ3) is 6.90. The molecule has 0 fully saturated rings. The van der Waals surface area contributed by atoms with Crippen LogP contribution in [0.25, 0.3) is 0 Å². The Bertz CT molecular complexity index is 1480. The zero-order valence-corrected chi connectivity index (χ0v) is 23.5. The molecule has 1 aliphatic heterocycles. The first-order chi connectivity index (χ1) is 19.7. The number of benzene rings is 3. The highest BCUT2D eigenvalue weighted by atomic mass is 19.1. The van der Waals surface area contributed by atoms with E-state index >= 15 is 0 Å². The molecule has 1 aliphatic rings. The van der Waals surface area contributed by atoms with E-state index in [1.165, 1.54) is 31.2 Å². The SMILES string of the molecule is CCOc1cc(C2C(C#N)=C(N)Oc3cc(OC(=O)C(C)Oc4ccccc4F)ccc32)ccc1OCCC(C)C. The fourth-order valence-corrected chi connectivity index (χ4v) is 4.32. The molecule has 0 amide bonds. The molecule has 3 aromatic rings. The van der Waals surface area contributed by atoms with Crippen LogP contribution in [0.4, 0.5) is 4.39 Å². The molecule has 0 bridgehead atoms. The van der Waals surface area contributed by atoms with Gasteiger partial charge >= 0.3 is 5.97 Å². The maximum Gasteiger partial charge on any atom is 0.352 e. The maximum atomic E-state index is 13.9. The second-order valence-electron chi connectivity index (χ2n) is 9.91. The van der Waals surface area contributed by atoms with Crippen molar-refractivity contribution in [2.75, 3.05) is 13.2 Å². The molecule has 41 heavy (non-hydrogen) atoms. The van der Waals surface area contributed by atoms with E-state index in [0.717, 1.165) is 12.0 Å². The van der Waals surface area contributed by atoms with E-state index in [2.05, 4.69) is 19.9 Å². The molecule has 2 N–H and O–H groups in total. The van der Waals surface area contributed by atoms with Gasteiger partial charge in [-0.3, -0.25) is 0 Å². The summed E-state index contributed by atoms with van der Waals surface area (Å²) >= 11 is 0. The number of hydrogen-bond donors (Lipinski definition) is 1. The van der Waals surface area contributed by atoms with Gasteiger partial charge in [-0.25, -0.2) is 9.18 Å². The Balaban J connectivity index is 1.59. The van der Waals surface area contributed by atoms with Gasteiger partial charge in [0.05, 0.1) is 19.1 Å². The number of carbonyl (C=O) groups is 1. The molecule has 2 unspecified atom stereocenters. The predicted octanol–water partition coefficient (Wildman–Crippen LogP) is 6.24. The van der Waals surface area contributed by atoms with Crippen molar-refractivity contribution in [1.29, 1.82) is 5.26 Å². The van der Waals surface area contributed by atoms with Crippen molar-refractivity contribution in [1.82, 2.24) is 0 Å². The number of nitrogens with two attached hydrogens (primary N) is 1. The van der Waals surface area contributed by atoms with Crippen LogP contribution in [-0.4, -0.2) is 25.3 Å². The Morgan fingerprint density at radius 3 is 2.54 bits per heavy atom. The van der Waals surface area contributed by atoms with Gasteiger partial charge < -0.3 is 29.4 Å². The molecular weight excluding hydrogens is 527 g/mol. The number of hydrogen-bond acceptors (Lipinski definition) is 8. The number of para-hydroxylation sites is 1. The largest absolute Gasteiger partial charge is 0.490 e. The van der Waals surface area contributed by atoms with Gasteiger partial charge in [0, 0.05) is 11.6 Å². The Morgan fingerprint density at radius 2 is 1.83 bits per heavy atom. The Morgan fingerprint density at radius 1 is 1.05 bits per heavy atom. The van der Waals surface area contributed by atoms with Gasteiger partial charge in [-0.15, -0.1) is 0 Å². The minimum Gasteiger partial charge on any atom is -0.490 e. The smallest absolute Gasteiger partial charge is 0.352 e. The van der Waals surface area contributed by atoms with Crippen molar-refractivity contribution in [2.24, 2.45) is 11.7 Å². The lowest BCUT2D eigenvalue weighted by atomic mass is 9.83. The van der Waals surface area contributed by atoms with E-state index in [0.29, 0.717) is 41.9 Å². The number of esters is 1. The lowest BCUT2D eigenvalue weighted by Crippen LogP contribution is -2.29. The van der Waals surface area contributed by atoms with E-state index in [1.54, 1.807) is 18.2 Å². The van der Waals surface area contributed by atoms with Crippen LogP contribution in [-0.2, 0) is 4.79 Å². The summed E-state index contributed by atoms with van der Waals surface area (Å²) in [5, 5.41) is 9.96. The number of carbonyl (C=O) groups excluding carboxylic acids is 1. The average Bonchev–Trinajstić information content (AvgIpc) is 2.94. The summed E-state index contributed by atoms with van der Waals surface area (Å²) in [4.78, 5) is 12.7. The van der Waals surface area contributed by atoms with Gasteiger partial charge in [0.15, 0.2) is 29.2 Å². The number of allylic oxidation sites excluding steroid dienone is 1. The molecule has 8 nitrogen and oxygen atoms in total. The summed E-state index contributed by atoms with van der Waals surface area (Å²) in [5.41, 5.74) is 7.82. The normalized spacial score (nSPS) is 14.9. The minimum atomic E-state index is -1.08. The van der Waals surface area contributed by atoms with Gasteiger partial charge in [0.25, 0.3) is 0 Å². The van der Waals surface area contributed by atoms with Crippen molar-refractivity contribution < 1.29 is 32.9 Å². The van der Waals surface area contributed by atoms with Gasteiger partial charge in [-0.05, 0) is 62.1 Å². The molecule has 0 saturated carbocycles. The Hall–Kier alpha value is -4.71. The van der Waals surface area contributed by atoms with E-state index in [1.807, 2.05) is 25.1 Å². The molecule has 3 aromatic carbocycles. The van der Waals surface area contributed by atoms with Gasteiger partial charge in [0.2, 0.25) is 5.88 Å². The fourth-order valence-electron chi connectivity index (χ4n) is 4.32. The third-order valence-corrected chi connectivity index (χ3v) is 6.44. The highest BCUT2D eigenvalue weighted by Gasteiger charge is 2.32. The van der Waals surface area contributed by atoms with Gasteiger partial charge in [-0.2, -0.15) is 5.26 Å². The van der Waals surface area contributed by atoms with Crippen LogP contribution < -0.4 is 29.4 Å². The summed E-state index contributed by atoms with van der Waals surface area (Å²) in [6.45, 7) is 8.60. The van der Waals surface area contributed by atoms with Crippen LogP contribution in [0.15, 0.2) is 72.1 Å². The first kappa shape index (κ1) is 29.3. The van der Waals surface area contributed by atoms with Crippen molar-refractivity contribution in [2.45, 2.75) is 46.1 Å². The molecule has 9 heteroatoms. The number of rotatable bonds is 11. The molecular formula is C32H33FN2O6. The topological polar surface area (TPSA) is 113 Å². The highest BCUT2D eigenvalue weighted by Crippen LogP contribution is 2.45. The summed E-state index contributed by atoms with van der Waals surface area (Å²) < 4.78 is 42.4. The molecule has 0 spiro atoms. The minimum absolute atomic E-state index is 0.0556. The van der Waals surface area contributed by atoms with Crippen molar-refractivity contribution in [3.8, 4) is 34.8 Å². The molecule has 0 aromatic heterocycles. The van der Waals surface area contributed by atoms with Crippen LogP contribution in [0, 0.1) is 23.1 Å².